The first-order chi connectivity index (χ1) is 9.63. The molecule has 4 unspecified atom stereocenters. The van der Waals surface area contributed by atoms with Crippen LogP contribution >= 0.6 is 0 Å². The van der Waals surface area contributed by atoms with Crippen molar-refractivity contribution < 1.29 is 5.11 Å². The Morgan fingerprint density at radius 3 is 2.50 bits per heavy atom. The third kappa shape index (κ3) is 1.43. The van der Waals surface area contributed by atoms with Gasteiger partial charge in [0.15, 0.2) is 0 Å². The zero-order valence-corrected chi connectivity index (χ0v) is 11.6. The molecule has 0 radical (unpaired) electrons. The van der Waals surface area contributed by atoms with Gasteiger partial charge in [0.25, 0.3) is 5.56 Å². The van der Waals surface area contributed by atoms with E-state index in [-0.39, 0.29) is 11.9 Å². The maximum atomic E-state index is 12.1. The second kappa shape index (κ2) is 3.99. The van der Waals surface area contributed by atoms with Gasteiger partial charge in [0.2, 0.25) is 5.88 Å². The molecule has 1 aromatic heterocycles. The second-order valence-corrected chi connectivity index (χ2v) is 6.66. The molecule has 20 heavy (non-hydrogen) atoms. The van der Waals surface area contributed by atoms with Gasteiger partial charge in [-0.25, -0.2) is 4.79 Å². The molecule has 5 heteroatoms. The lowest BCUT2D eigenvalue weighted by Gasteiger charge is -2.14. The van der Waals surface area contributed by atoms with Crippen LogP contribution in [0.4, 0.5) is 0 Å². The lowest BCUT2D eigenvalue weighted by molar-refractivity contribution is 0.359. The molecule has 4 rings (SSSR count). The molecule has 0 aliphatic heterocycles. The zero-order chi connectivity index (χ0) is 14.0. The van der Waals surface area contributed by atoms with E-state index in [1.807, 2.05) is 6.92 Å². The van der Waals surface area contributed by atoms with Crippen LogP contribution in [0.25, 0.3) is 0 Å². The summed E-state index contributed by atoms with van der Waals surface area (Å²) in [5, 5.41) is 10.4. The van der Waals surface area contributed by atoms with E-state index in [0.29, 0.717) is 23.8 Å². The Morgan fingerprint density at radius 2 is 1.90 bits per heavy atom. The standard InChI is InChI=1S/C15H20N2O3/c1-2-3-9-13(18)16-15(20)17(14(9)19)12-10-7-4-5-8(6-7)11(10)12/h7-8,10-12,19H,2-6H2,1H3,(H,16,18,20). The fraction of sp³-hybridized carbons (Fsp3) is 0.733. The SMILES string of the molecule is CCCc1c(O)n(C2C3C4CCC(C4)C32)c(=O)[nH]c1=O. The summed E-state index contributed by atoms with van der Waals surface area (Å²) in [7, 11) is 0. The van der Waals surface area contributed by atoms with E-state index in [1.54, 1.807) is 0 Å². The van der Waals surface area contributed by atoms with Crippen molar-refractivity contribution >= 4 is 0 Å². The summed E-state index contributed by atoms with van der Waals surface area (Å²) in [6, 6.07) is 0.126. The topological polar surface area (TPSA) is 75.1 Å². The lowest BCUT2D eigenvalue weighted by atomic mass is 10.0. The highest BCUT2D eigenvalue weighted by Crippen LogP contribution is 2.71. The molecular formula is C15H20N2O3. The molecular weight excluding hydrogens is 256 g/mol. The molecule has 3 saturated carbocycles. The first-order valence-corrected chi connectivity index (χ1v) is 7.70. The van der Waals surface area contributed by atoms with Gasteiger partial charge in [0.1, 0.15) is 0 Å². The maximum Gasteiger partial charge on any atom is 0.331 e. The summed E-state index contributed by atoms with van der Waals surface area (Å²) >= 11 is 0. The molecule has 2 bridgehead atoms. The zero-order valence-electron chi connectivity index (χ0n) is 11.6. The van der Waals surface area contributed by atoms with Gasteiger partial charge >= 0.3 is 5.69 Å². The quantitative estimate of drug-likeness (QED) is 0.876. The molecule has 4 atom stereocenters. The Morgan fingerprint density at radius 1 is 1.25 bits per heavy atom. The number of nitrogens with one attached hydrogen (secondary N) is 1. The van der Waals surface area contributed by atoms with Crippen LogP contribution in [0.5, 0.6) is 5.88 Å². The molecule has 1 heterocycles. The number of hydrogen-bond donors (Lipinski definition) is 2. The van der Waals surface area contributed by atoms with E-state index in [0.717, 1.165) is 18.3 Å². The molecule has 3 fully saturated rings. The predicted molar refractivity (Wildman–Crippen MR) is 73.8 cm³/mol. The van der Waals surface area contributed by atoms with Gasteiger partial charge in [-0.05, 0) is 49.4 Å². The Kier molecular flexibility index (Phi) is 2.44. The van der Waals surface area contributed by atoms with Crippen LogP contribution < -0.4 is 11.2 Å². The van der Waals surface area contributed by atoms with Crippen LogP contribution in [0, 0.1) is 23.7 Å². The Labute approximate surface area is 116 Å². The van der Waals surface area contributed by atoms with Crippen LogP contribution in [-0.2, 0) is 6.42 Å². The van der Waals surface area contributed by atoms with E-state index >= 15 is 0 Å². The van der Waals surface area contributed by atoms with Crippen molar-refractivity contribution in [1.82, 2.24) is 9.55 Å². The van der Waals surface area contributed by atoms with Gasteiger partial charge in [-0.1, -0.05) is 13.3 Å². The maximum absolute atomic E-state index is 12.1. The average Bonchev–Trinajstić information content (AvgIpc) is 2.81. The Balaban J connectivity index is 1.78. The minimum absolute atomic E-state index is 0.0839. The highest BCUT2D eigenvalue weighted by molar-refractivity contribution is 5.27. The third-order valence-electron chi connectivity index (χ3n) is 5.70. The van der Waals surface area contributed by atoms with Crippen LogP contribution in [0.15, 0.2) is 9.59 Å². The average molecular weight is 276 g/mol. The van der Waals surface area contributed by atoms with Crippen molar-refractivity contribution in [1.29, 1.82) is 0 Å². The van der Waals surface area contributed by atoms with Gasteiger partial charge in [-0.3, -0.25) is 14.3 Å². The minimum Gasteiger partial charge on any atom is -0.494 e. The number of aromatic amines is 1. The van der Waals surface area contributed by atoms with E-state index in [9.17, 15) is 14.7 Å². The highest BCUT2D eigenvalue weighted by Gasteiger charge is 2.66. The van der Waals surface area contributed by atoms with Crippen molar-refractivity contribution in [2.45, 2.75) is 45.1 Å². The number of fused-ring (bicyclic) bond motifs is 5. The normalized spacial score (nSPS) is 37.1. The van der Waals surface area contributed by atoms with Crippen molar-refractivity contribution in [3.05, 3.63) is 26.4 Å². The first kappa shape index (κ1) is 12.2. The van der Waals surface area contributed by atoms with Gasteiger partial charge in [0.05, 0.1) is 5.56 Å². The largest absolute Gasteiger partial charge is 0.494 e. The summed E-state index contributed by atoms with van der Waals surface area (Å²) in [6.07, 6.45) is 5.12. The molecule has 2 N–H and O–H groups in total. The van der Waals surface area contributed by atoms with Gasteiger partial charge < -0.3 is 5.11 Å². The van der Waals surface area contributed by atoms with Crippen LogP contribution in [-0.4, -0.2) is 14.7 Å². The number of hydrogen-bond acceptors (Lipinski definition) is 3. The molecule has 1 aromatic rings. The number of H-pyrrole nitrogens is 1. The fourth-order valence-electron chi connectivity index (χ4n) is 4.95. The van der Waals surface area contributed by atoms with E-state index in [2.05, 4.69) is 4.98 Å². The van der Waals surface area contributed by atoms with Gasteiger partial charge in [-0.15, -0.1) is 0 Å². The number of nitrogens with zero attached hydrogens (tertiary/aromatic N) is 1. The van der Waals surface area contributed by atoms with Crippen molar-refractivity contribution in [3.8, 4) is 5.88 Å². The summed E-state index contributed by atoms with van der Waals surface area (Å²) < 4.78 is 1.48. The van der Waals surface area contributed by atoms with Gasteiger partial charge in [0, 0.05) is 6.04 Å². The second-order valence-electron chi connectivity index (χ2n) is 6.66. The minimum atomic E-state index is -0.439. The molecule has 3 aliphatic rings. The van der Waals surface area contributed by atoms with Crippen LogP contribution in [0.1, 0.15) is 44.2 Å². The summed E-state index contributed by atoms with van der Waals surface area (Å²) in [5.74, 6) is 2.47. The molecule has 5 nitrogen and oxygen atoms in total. The highest BCUT2D eigenvalue weighted by atomic mass is 16.3. The van der Waals surface area contributed by atoms with Crippen LogP contribution in [0.2, 0.25) is 0 Å². The molecule has 0 amide bonds. The third-order valence-corrected chi connectivity index (χ3v) is 5.70. The van der Waals surface area contributed by atoms with E-state index in [1.165, 1.54) is 23.8 Å². The van der Waals surface area contributed by atoms with Gasteiger partial charge in [-0.2, -0.15) is 0 Å². The van der Waals surface area contributed by atoms with Crippen molar-refractivity contribution in [3.63, 3.8) is 0 Å². The lowest BCUT2D eigenvalue weighted by Crippen LogP contribution is -2.33. The molecule has 0 aromatic carbocycles. The number of aromatic nitrogens is 2. The number of rotatable bonds is 3. The predicted octanol–water partition coefficient (Wildman–Crippen LogP) is 1.41. The smallest absolute Gasteiger partial charge is 0.331 e. The number of aromatic hydroxyl groups is 1. The molecule has 3 aliphatic carbocycles. The fourth-order valence-corrected chi connectivity index (χ4v) is 4.95. The summed E-state index contributed by atoms with van der Waals surface area (Å²) in [6.45, 7) is 1.96. The Bertz CT molecular complexity index is 659. The molecule has 0 saturated heterocycles. The Hall–Kier alpha value is -1.52. The monoisotopic (exact) mass is 276 g/mol. The van der Waals surface area contributed by atoms with E-state index < -0.39 is 11.2 Å². The summed E-state index contributed by atoms with van der Waals surface area (Å²) in [5.41, 5.74) is -0.505. The van der Waals surface area contributed by atoms with E-state index in [4.69, 9.17) is 0 Å². The molecule has 108 valence electrons. The van der Waals surface area contributed by atoms with Crippen molar-refractivity contribution in [2.24, 2.45) is 23.7 Å². The van der Waals surface area contributed by atoms with Crippen LogP contribution in [0.3, 0.4) is 0 Å². The first-order valence-electron chi connectivity index (χ1n) is 7.70. The molecule has 0 spiro atoms. The summed E-state index contributed by atoms with van der Waals surface area (Å²) in [4.78, 5) is 26.3. The van der Waals surface area contributed by atoms with Crippen molar-refractivity contribution in [2.75, 3.05) is 0 Å².